The van der Waals surface area contributed by atoms with E-state index in [9.17, 15) is 14.2 Å². The number of carbonyl (C=O) groups excluding carboxylic acids is 2. The summed E-state index contributed by atoms with van der Waals surface area (Å²) in [6.45, 7) is 19.1. The highest BCUT2D eigenvalue weighted by Crippen LogP contribution is 2.48. The Morgan fingerprint density at radius 2 is 1.55 bits per heavy atom. The minimum absolute atomic E-state index is 0.0111. The Morgan fingerprint density at radius 1 is 0.974 bits per heavy atom. The maximum Gasteiger partial charge on any atom is 0.341 e. The Hall–Kier alpha value is -1.35. The van der Waals surface area contributed by atoms with Crippen LogP contribution in [0.3, 0.4) is 0 Å². The van der Waals surface area contributed by atoms with Crippen LogP contribution in [0.4, 0.5) is 0 Å². The van der Waals surface area contributed by atoms with E-state index in [0.717, 1.165) is 5.56 Å². The number of esters is 1. The first-order chi connectivity index (χ1) is 17.6. The van der Waals surface area contributed by atoms with Gasteiger partial charge in [-0.25, -0.2) is 0 Å². The molecule has 1 aromatic rings. The molecule has 10 heteroatoms. The lowest BCUT2D eigenvalue weighted by molar-refractivity contribution is -0.151. The van der Waals surface area contributed by atoms with Gasteiger partial charge in [-0.05, 0) is 37.5 Å². The van der Waals surface area contributed by atoms with E-state index in [0.29, 0.717) is 13.2 Å². The molecule has 1 aromatic carbocycles. The Morgan fingerprint density at radius 3 is 2.08 bits per heavy atom. The Bertz CT molecular complexity index is 890. The van der Waals surface area contributed by atoms with E-state index in [2.05, 4.69) is 33.9 Å². The van der Waals surface area contributed by atoms with Crippen LogP contribution in [0.25, 0.3) is 0 Å². The topological polar surface area (TPSA) is 97.4 Å². The molecule has 0 N–H and O–H groups in total. The van der Waals surface area contributed by atoms with Crippen molar-refractivity contribution in [3.63, 3.8) is 0 Å². The third kappa shape index (κ3) is 12.2. The van der Waals surface area contributed by atoms with Crippen LogP contribution in [0.2, 0.25) is 18.1 Å². The summed E-state index contributed by atoms with van der Waals surface area (Å²) >= 11 is 0. The van der Waals surface area contributed by atoms with E-state index in [1.807, 2.05) is 37.3 Å². The molecule has 8 nitrogen and oxygen atoms in total. The predicted molar refractivity (Wildman–Crippen MR) is 153 cm³/mol. The highest BCUT2D eigenvalue weighted by molar-refractivity contribution is 7.54. The third-order valence-corrected chi connectivity index (χ3v) is 13.3. The molecule has 0 heterocycles. The number of benzene rings is 1. The second kappa shape index (κ2) is 16.0. The summed E-state index contributed by atoms with van der Waals surface area (Å²) in [5.74, 6) is -1.44. The zero-order chi connectivity index (χ0) is 29.0. The molecule has 0 aliphatic heterocycles. The fraction of sp³-hybridized carbons (Fsp3) is 0.714. The van der Waals surface area contributed by atoms with Crippen molar-refractivity contribution in [2.45, 2.75) is 85.7 Å². The molecule has 38 heavy (non-hydrogen) atoms. The summed E-state index contributed by atoms with van der Waals surface area (Å²) in [6, 6.07) is 9.75. The molecule has 0 aliphatic rings. The number of ether oxygens (including phenoxy) is 2. The summed E-state index contributed by atoms with van der Waals surface area (Å²) in [7, 11) is -5.68. The normalized spacial score (nSPS) is 15.1. The minimum atomic E-state index is -3.63. The quantitative estimate of drug-likeness (QED) is 0.110. The Labute approximate surface area is 230 Å². The van der Waals surface area contributed by atoms with Crippen molar-refractivity contribution < 1.29 is 37.1 Å². The highest BCUT2D eigenvalue weighted by Gasteiger charge is 2.39. The molecule has 218 valence electrons. The van der Waals surface area contributed by atoms with E-state index < -0.39 is 34.1 Å². The maximum atomic E-state index is 13.1. The SMILES string of the molecule is CCOP(=O)(CC(=O)O[C@H](CC(=O)[C@H](C)COCc1ccccc1)[C@@H](C)CO[Si](C)(C)C(C)(C)C)OCC. The summed E-state index contributed by atoms with van der Waals surface area (Å²) < 4.78 is 41.2. The fourth-order valence-electron chi connectivity index (χ4n) is 3.33. The van der Waals surface area contributed by atoms with Crippen LogP contribution in [0, 0.1) is 11.8 Å². The second-order valence-corrected chi connectivity index (χ2v) is 18.1. The first-order valence-electron chi connectivity index (χ1n) is 13.5. The van der Waals surface area contributed by atoms with Gasteiger partial charge in [0.2, 0.25) is 0 Å². The monoisotopic (exact) mass is 572 g/mol. The number of hydrogen-bond acceptors (Lipinski definition) is 8. The van der Waals surface area contributed by atoms with Crippen molar-refractivity contribution in [2.24, 2.45) is 11.8 Å². The number of Topliss-reactive ketones (excluding diaryl/α,β-unsaturated/α-hetero) is 1. The van der Waals surface area contributed by atoms with Gasteiger partial charge in [-0.3, -0.25) is 14.2 Å². The van der Waals surface area contributed by atoms with E-state index in [-0.39, 0.29) is 48.9 Å². The lowest BCUT2D eigenvalue weighted by Crippen LogP contribution is -2.43. The molecule has 3 atom stereocenters. The largest absolute Gasteiger partial charge is 0.461 e. The average Bonchev–Trinajstić information content (AvgIpc) is 2.82. The fourth-order valence-corrected chi connectivity index (χ4v) is 5.88. The van der Waals surface area contributed by atoms with Gasteiger partial charge in [0.15, 0.2) is 8.32 Å². The Balaban J connectivity index is 2.90. The maximum absolute atomic E-state index is 13.1. The van der Waals surface area contributed by atoms with Gasteiger partial charge in [0.1, 0.15) is 18.0 Å². The van der Waals surface area contributed by atoms with Crippen molar-refractivity contribution in [3.8, 4) is 0 Å². The molecule has 0 radical (unpaired) electrons. The summed E-state index contributed by atoms with van der Waals surface area (Å²) in [5, 5.41) is 0.0148. The van der Waals surface area contributed by atoms with Gasteiger partial charge in [-0.15, -0.1) is 0 Å². The van der Waals surface area contributed by atoms with E-state index in [1.165, 1.54) is 0 Å². The van der Waals surface area contributed by atoms with Crippen molar-refractivity contribution >= 4 is 27.7 Å². The summed E-state index contributed by atoms with van der Waals surface area (Å²) in [6.07, 6.45) is -1.24. The predicted octanol–water partition coefficient (Wildman–Crippen LogP) is 6.63. The van der Waals surface area contributed by atoms with Crippen LogP contribution in [0.1, 0.15) is 60.5 Å². The van der Waals surface area contributed by atoms with Gasteiger partial charge in [-0.2, -0.15) is 0 Å². The number of carbonyl (C=O) groups is 2. The number of rotatable bonds is 18. The van der Waals surface area contributed by atoms with Gasteiger partial charge in [0.05, 0.1) is 26.4 Å². The van der Waals surface area contributed by atoms with Crippen molar-refractivity contribution in [1.82, 2.24) is 0 Å². The molecule has 0 saturated heterocycles. The van der Waals surface area contributed by atoms with Crippen molar-refractivity contribution in [2.75, 3.05) is 32.6 Å². The molecule has 0 saturated carbocycles. The molecule has 0 unspecified atom stereocenters. The lowest BCUT2D eigenvalue weighted by atomic mass is 9.95. The zero-order valence-corrected chi connectivity index (χ0v) is 26.7. The van der Waals surface area contributed by atoms with Crippen LogP contribution in [-0.4, -0.2) is 58.8 Å². The average molecular weight is 573 g/mol. The molecule has 0 aliphatic carbocycles. The van der Waals surface area contributed by atoms with Crippen molar-refractivity contribution in [3.05, 3.63) is 35.9 Å². The first-order valence-corrected chi connectivity index (χ1v) is 18.1. The summed E-state index contributed by atoms with van der Waals surface area (Å²) in [4.78, 5) is 26.0. The highest BCUT2D eigenvalue weighted by atomic mass is 31.2. The van der Waals surface area contributed by atoms with Crippen molar-refractivity contribution in [1.29, 1.82) is 0 Å². The van der Waals surface area contributed by atoms with Crippen LogP contribution < -0.4 is 0 Å². The van der Waals surface area contributed by atoms with Crippen LogP contribution in [-0.2, 0) is 43.7 Å². The first kappa shape index (κ1) is 34.7. The van der Waals surface area contributed by atoms with Crippen LogP contribution in [0.5, 0.6) is 0 Å². The van der Waals surface area contributed by atoms with Gasteiger partial charge >= 0.3 is 13.6 Å². The zero-order valence-electron chi connectivity index (χ0n) is 24.8. The second-order valence-electron chi connectivity index (χ2n) is 11.3. The van der Waals surface area contributed by atoms with Gasteiger partial charge in [-0.1, -0.05) is 65.0 Å². The number of ketones is 1. The van der Waals surface area contributed by atoms with Crippen LogP contribution >= 0.6 is 7.60 Å². The van der Waals surface area contributed by atoms with Crippen LogP contribution in [0.15, 0.2) is 30.3 Å². The molecular formula is C28H49O8PSi. The summed E-state index contributed by atoms with van der Waals surface area (Å²) in [5.41, 5.74) is 1.03. The third-order valence-electron chi connectivity index (χ3n) is 6.84. The molecule has 0 amide bonds. The molecule has 0 spiro atoms. The molecule has 0 bridgehead atoms. The smallest absolute Gasteiger partial charge is 0.341 e. The van der Waals surface area contributed by atoms with Gasteiger partial charge < -0.3 is 22.9 Å². The van der Waals surface area contributed by atoms with E-state index in [4.69, 9.17) is 22.9 Å². The lowest BCUT2D eigenvalue weighted by Gasteiger charge is -2.37. The van der Waals surface area contributed by atoms with Gasteiger partial charge in [0, 0.05) is 24.9 Å². The molecular weight excluding hydrogens is 523 g/mol. The standard InChI is InChI=1S/C28H49O8PSi/c1-10-33-37(31,34-11-2)21-27(30)36-26(23(4)19-35-38(8,9)28(5,6)7)17-25(29)22(3)18-32-20-24-15-13-12-14-16-24/h12-16,22-23,26H,10-11,17-21H2,1-9H3/t22-,23+,26-/m1/s1. The Kier molecular flexibility index (Phi) is 14.6. The van der Waals surface area contributed by atoms with E-state index in [1.54, 1.807) is 20.8 Å². The van der Waals surface area contributed by atoms with E-state index >= 15 is 0 Å². The van der Waals surface area contributed by atoms with Gasteiger partial charge in [0.25, 0.3) is 0 Å². The molecule has 0 fully saturated rings. The molecule has 0 aromatic heterocycles. The minimum Gasteiger partial charge on any atom is -0.461 e. The molecule has 1 rings (SSSR count). The number of hydrogen-bond donors (Lipinski definition) is 0.